The number of nitrogens with one attached hydrogen (secondary N) is 1. The Kier molecular flexibility index (Phi) is 5.80. The van der Waals surface area contributed by atoms with Crippen molar-refractivity contribution in [3.05, 3.63) is 33.1 Å². The van der Waals surface area contributed by atoms with Gasteiger partial charge >= 0.3 is 5.69 Å². The average Bonchev–Trinajstić information content (AvgIpc) is 2.86. The van der Waals surface area contributed by atoms with Gasteiger partial charge in [-0.25, -0.2) is 17.5 Å². The lowest BCUT2D eigenvalue weighted by atomic mass is 10.1. The van der Waals surface area contributed by atoms with Crippen molar-refractivity contribution in [2.45, 2.75) is 19.1 Å². The molecule has 1 aromatic heterocycles. The molecule has 1 amide bonds. The number of aromatic amines is 1. The van der Waals surface area contributed by atoms with Gasteiger partial charge in [0.05, 0.1) is 11.9 Å². The highest BCUT2D eigenvalue weighted by Gasteiger charge is 2.37. The van der Waals surface area contributed by atoms with Gasteiger partial charge < -0.3 is 14.6 Å². The number of sulfonamides is 1. The fourth-order valence-electron chi connectivity index (χ4n) is 2.64. The van der Waals surface area contributed by atoms with Crippen molar-refractivity contribution in [1.82, 2.24) is 18.8 Å². The summed E-state index contributed by atoms with van der Waals surface area (Å²) < 4.78 is 26.2. The van der Waals surface area contributed by atoms with Crippen molar-refractivity contribution in [1.29, 1.82) is 0 Å². The molecule has 0 unspecified atom stereocenters. The van der Waals surface area contributed by atoms with Gasteiger partial charge in [0.25, 0.3) is 5.56 Å². The zero-order chi connectivity index (χ0) is 18.8. The number of likely N-dealkylation sites (tertiary alicyclic amines) is 1. The minimum absolute atomic E-state index is 0.00577. The van der Waals surface area contributed by atoms with Crippen LogP contribution in [0, 0.1) is 5.92 Å². The van der Waals surface area contributed by atoms with Gasteiger partial charge in [0, 0.05) is 58.3 Å². The van der Waals surface area contributed by atoms with E-state index in [2.05, 4.69) is 4.98 Å². The van der Waals surface area contributed by atoms with Crippen LogP contribution < -0.4 is 11.2 Å². The minimum Gasteiger partial charge on any atom is -0.391 e. The third-order valence-corrected chi connectivity index (χ3v) is 6.17. The molecule has 1 fully saturated rings. The first-order valence-electron chi connectivity index (χ1n) is 7.76. The predicted octanol–water partition coefficient (Wildman–Crippen LogP) is -2.36. The fourth-order valence-corrected chi connectivity index (χ4v) is 3.80. The van der Waals surface area contributed by atoms with Crippen molar-refractivity contribution in [2.24, 2.45) is 5.92 Å². The van der Waals surface area contributed by atoms with E-state index >= 15 is 0 Å². The number of carbonyl (C=O) groups is 1. The summed E-state index contributed by atoms with van der Waals surface area (Å²) in [6.07, 6.45) is 0.403. The normalized spacial score (nSPS) is 21.0. The number of aliphatic hydroxyl groups excluding tert-OH is 1. The van der Waals surface area contributed by atoms with Crippen molar-refractivity contribution < 1.29 is 18.3 Å². The second-order valence-corrected chi connectivity index (χ2v) is 8.47. The lowest BCUT2D eigenvalue weighted by molar-refractivity contribution is -0.130. The predicted molar refractivity (Wildman–Crippen MR) is 89.5 cm³/mol. The zero-order valence-corrected chi connectivity index (χ0v) is 14.9. The molecule has 2 N–H and O–H groups in total. The number of nitrogens with zero attached hydrogens (tertiary/aromatic N) is 3. The summed E-state index contributed by atoms with van der Waals surface area (Å²) in [5.41, 5.74) is -1.11. The third kappa shape index (κ3) is 4.77. The van der Waals surface area contributed by atoms with Gasteiger partial charge in [-0.2, -0.15) is 0 Å². The van der Waals surface area contributed by atoms with E-state index in [9.17, 15) is 27.9 Å². The van der Waals surface area contributed by atoms with E-state index in [1.807, 2.05) is 0 Å². The molecule has 0 radical (unpaired) electrons. The smallest absolute Gasteiger partial charge is 0.328 e. The zero-order valence-electron chi connectivity index (χ0n) is 14.1. The van der Waals surface area contributed by atoms with Gasteiger partial charge in [0.1, 0.15) is 0 Å². The van der Waals surface area contributed by atoms with E-state index in [1.165, 1.54) is 35.8 Å². The van der Waals surface area contributed by atoms with Crippen LogP contribution in [0.4, 0.5) is 0 Å². The van der Waals surface area contributed by atoms with Crippen LogP contribution >= 0.6 is 0 Å². The Bertz CT molecular complexity index is 843. The monoisotopic (exact) mass is 374 g/mol. The standard InChI is InChI=1S/C14H22N4O6S/c1-16(2)25(23,24)9-10-7-18(8-11(10)19)13(21)4-6-17-5-3-12(20)15-14(17)22/h3,5,10-11,19H,4,6-9H2,1-2H3,(H,15,20,22)/t10-,11+/m0/s1. The second kappa shape index (κ2) is 7.50. The maximum atomic E-state index is 12.3. The van der Waals surface area contributed by atoms with Crippen LogP contribution in [-0.4, -0.2) is 77.2 Å². The number of aromatic nitrogens is 2. The first-order chi connectivity index (χ1) is 11.6. The Morgan fingerprint density at radius 1 is 1.36 bits per heavy atom. The summed E-state index contributed by atoms with van der Waals surface area (Å²) in [5.74, 6) is -1.07. The molecule has 1 aliphatic rings. The molecule has 0 saturated carbocycles. The molecule has 25 heavy (non-hydrogen) atoms. The molecule has 2 rings (SSSR count). The number of aryl methyl sites for hydroxylation is 1. The maximum absolute atomic E-state index is 12.3. The van der Waals surface area contributed by atoms with Gasteiger partial charge in [0.15, 0.2) is 0 Å². The number of H-pyrrole nitrogens is 1. The summed E-state index contributed by atoms with van der Waals surface area (Å²) in [4.78, 5) is 38.3. The molecule has 140 valence electrons. The number of rotatable bonds is 6. The van der Waals surface area contributed by atoms with Crippen molar-refractivity contribution in [2.75, 3.05) is 32.9 Å². The first-order valence-corrected chi connectivity index (χ1v) is 9.37. The summed E-state index contributed by atoms with van der Waals surface area (Å²) in [5, 5.41) is 10.0. The van der Waals surface area contributed by atoms with Crippen molar-refractivity contribution in [3.8, 4) is 0 Å². The molecule has 1 aromatic rings. The van der Waals surface area contributed by atoms with E-state index in [1.54, 1.807) is 0 Å². The highest BCUT2D eigenvalue weighted by Crippen LogP contribution is 2.20. The highest BCUT2D eigenvalue weighted by atomic mass is 32.2. The summed E-state index contributed by atoms with van der Waals surface area (Å²) in [6, 6.07) is 1.19. The number of carbonyl (C=O) groups excluding carboxylic acids is 1. The van der Waals surface area contributed by atoms with E-state index in [4.69, 9.17) is 0 Å². The Labute approximate surface area is 144 Å². The second-order valence-electron chi connectivity index (χ2n) is 6.24. The molecule has 11 heteroatoms. The Morgan fingerprint density at radius 3 is 2.64 bits per heavy atom. The van der Waals surface area contributed by atoms with Crippen molar-refractivity contribution in [3.63, 3.8) is 0 Å². The van der Waals surface area contributed by atoms with Crippen LogP contribution in [0.15, 0.2) is 21.9 Å². The average molecular weight is 374 g/mol. The molecule has 1 saturated heterocycles. The topological polar surface area (TPSA) is 133 Å². The van der Waals surface area contributed by atoms with Gasteiger partial charge in [-0.05, 0) is 0 Å². The maximum Gasteiger partial charge on any atom is 0.328 e. The number of β-amino-alcohol motifs (C(OH)–C–C–N with tert-alkyl or cyclic N) is 1. The molecule has 0 spiro atoms. The quantitative estimate of drug-likeness (QED) is 0.572. The van der Waals surface area contributed by atoms with Crippen LogP contribution in [0.1, 0.15) is 6.42 Å². The summed E-state index contributed by atoms with van der Waals surface area (Å²) in [7, 11) is -0.636. The molecule has 0 aromatic carbocycles. The van der Waals surface area contributed by atoms with E-state index in [-0.39, 0.29) is 37.7 Å². The lowest BCUT2D eigenvalue weighted by Gasteiger charge is -2.18. The van der Waals surface area contributed by atoms with Crippen LogP contribution in [0.5, 0.6) is 0 Å². The molecule has 0 bridgehead atoms. The number of hydrogen-bond acceptors (Lipinski definition) is 6. The largest absolute Gasteiger partial charge is 0.391 e. The summed E-state index contributed by atoms with van der Waals surface area (Å²) >= 11 is 0. The molecule has 2 atom stereocenters. The number of amides is 1. The molecule has 0 aliphatic carbocycles. The number of aliphatic hydroxyl groups is 1. The van der Waals surface area contributed by atoms with Gasteiger partial charge in [-0.15, -0.1) is 0 Å². The Hall–Kier alpha value is -1.98. The highest BCUT2D eigenvalue weighted by molar-refractivity contribution is 7.89. The Morgan fingerprint density at radius 2 is 2.04 bits per heavy atom. The minimum atomic E-state index is -3.47. The molecule has 1 aliphatic heterocycles. The van der Waals surface area contributed by atoms with Gasteiger partial charge in [0.2, 0.25) is 15.9 Å². The van der Waals surface area contributed by atoms with Gasteiger partial charge in [-0.1, -0.05) is 0 Å². The van der Waals surface area contributed by atoms with Crippen LogP contribution in [-0.2, 0) is 21.4 Å². The first kappa shape index (κ1) is 19.3. The van der Waals surface area contributed by atoms with Crippen LogP contribution in [0.3, 0.4) is 0 Å². The Balaban J connectivity index is 1.95. The fraction of sp³-hybridized carbons (Fsp3) is 0.643. The number of hydrogen-bond donors (Lipinski definition) is 2. The van der Waals surface area contributed by atoms with E-state index < -0.39 is 33.3 Å². The van der Waals surface area contributed by atoms with Crippen LogP contribution in [0.25, 0.3) is 0 Å². The molecular weight excluding hydrogens is 352 g/mol. The van der Waals surface area contributed by atoms with Gasteiger partial charge in [-0.3, -0.25) is 14.6 Å². The van der Waals surface area contributed by atoms with E-state index in [0.717, 1.165) is 4.31 Å². The SMILES string of the molecule is CN(C)S(=O)(=O)C[C@@H]1CN(C(=O)CCn2ccc(=O)[nH]c2=O)C[C@H]1O. The molecule has 2 heterocycles. The van der Waals surface area contributed by atoms with E-state index in [0.29, 0.717) is 0 Å². The third-order valence-electron chi connectivity index (χ3n) is 4.20. The molecular formula is C14H22N4O6S. The lowest BCUT2D eigenvalue weighted by Crippen LogP contribution is -2.34. The summed E-state index contributed by atoms with van der Waals surface area (Å²) in [6.45, 7) is 0.294. The van der Waals surface area contributed by atoms with Crippen molar-refractivity contribution >= 4 is 15.9 Å². The van der Waals surface area contributed by atoms with Crippen LogP contribution in [0.2, 0.25) is 0 Å². The molecule has 10 nitrogen and oxygen atoms in total.